The molecule has 0 saturated carbocycles. The van der Waals surface area contributed by atoms with Crippen LogP contribution in [0.4, 0.5) is 10.1 Å². The second-order valence-electron chi connectivity index (χ2n) is 5.74. The number of anilines is 1. The van der Waals surface area contributed by atoms with Crippen LogP contribution in [-0.4, -0.2) is 18.1 Å². The molecule has 2 N–H and O–H groups in total. The first-order valence-corrected chi connectivity index (χ1v) is 7.97. The highest BCUT2D eigenvalue weighted by Crippen LogP contribution is 2.34. The molecule has 0 saturated heterocycles. The fourth-order valence-corrected chi connectivity index (χ4v) is 3.02. The molecule has 2 amide bonds. The summed E-state index contributed by atoms with van der Waals surface area (Å²) in [7, 11) is 0. The smallest absolute Gasteiger partial charge is 0.313 e. The Bertz CT molecular complexity index is 856. The molecule has 0 unspecified atom stereocenters. The Labute approximate surface area is 148 Å². The molecule has 5 nitrogen and oxygen atoms in total. The molecule has 2 aromatic rings. The number of amides is 2. The average molecular weight is 361 g/mol. The lowest BCUT2D eigenvalue weighted by Gasteiger charge is -2.17. The van der Waals surface area contributed by atoms with E-state index in [4.69, 9.17) is 11.6 Å². The van der Waals surface area contributed by atoms with Crippen LogP contribution in [0.3, 0.4) is 0 Å². The van der Waals surface area contributed by atoms with Crippen molar-refractivity contribution in [3.63, 3.8) is 0 Å². The van der Waals surface area contributed by atoms with E-state index in [1.165, 1.54) is 12.1 Å². The molecular weight excluding hydrogens is 347 g/mol. The van der Waals surface area contributed by atoms with Gasteiger partial charge in [-0.1, -0.05) is 35.9 Å². The first kappa shape index (κ1) is 17.1. The van der Waals surface area contributed by atoms with Gasteiger partial charge in [-0.15, -0.1) is 0 Å². The second kappa shape index (κ2) is 7.03. The molecule has 0 bridgehead atoms. The van der Waals surface area contributed by atoms with Crippen molar-refractivity contribution in [2.45, 2.75) is 12.5 Å². The Morgan fingerprint density at radius 3 is 2.64 bits per heavy atom. The van der Waals surface area contributed by atoms with E-state index in [9.17, 15) is 18.8 Å². The summed E-state index contributed by atoms with van der Waals surface area (Å²) in [4.78, 5) is 35.5. The number of nitrogens with one attached hydrogen (secondary N) is 2. The van der Waals surface area contributed by atoms with Gasteiger partial charge in [-0.25, -0.2) is 4.39 Å². The third-order valence-electron chi connectivity index (χ3n) is 4.12. The minimum Gasteiger partial charge on any atom is -0.340 e. The zero-order valence-electron chi connectivity index (χ0n) is 13.0. The first-order valence-electron chi connectivity index (χ1n) is 7.59. The van der Waals surface area contributed by atoms with E-state index in [0.717, 1.165) is 23.5 Å². The molecule has 7 heteroatoms. The molecule has 2 aromatic carbocycles. The van der Waals surface area contributed by atoms with Gasteiger partial charge in [0.05, 0.1) is 11.1 Å². The van der Waals surface area contributed by atoms with Crippen LogP contribution in [0.2, 0.25) is 5.02 Å². The Morgan fingerprint density at radius 2 is 1.92 bits per heavy atom. The molecule has 1 aliphatic rings. The maximum atomic E-state index is 13.4. The quantitative estimate of drug-likeness (QED) is 0.652. The van der Waals surface area contributed by atoms with E-state index in [1.54, 1.807) is 0 Å². The van der Waals surface area contributed by atoms with Crippen LogP contribution in [-0.2, 0) is 20.8 Å². The number of hydrogen-bond donors (Lipinski definition) is 2. The molecule has 0 fully saturated rings. The molecule has 3 rings (SSSR count). The zero-order chi connectivity index (χ0) is 18.0. The van der Waals surface area contributed by atoms with Gasteiger partial charge >= 0.3 is 11.8 Å². The molecule has 0 radical (unpaired) electrons. The minimum absolute atomic E-state index is 0.0844. The van der Waals surface area contributed by atoms with Gasteiger partial charge in [-0.05, 0) is 35.7 Å². The van der Waals surface area contributed by atoms with Crippen LogP contribution in [0.1, 0.15) is 17.2 Å². The number of hydrogen-bond acceptors (Lipinski definition) is 3. The molecule has 0 aromatic heterocycles. The number of halogens is 2. The van der Waals surface area contributed by atoms with Crippen molar-refractivity contribution in [2.24, 2.45) is 5.92 Å². The van der Waals surface area contributed by atoms with Crippen LogP contribution in [0.25, 0.3) is 0 Å². The van der Waals surface area contributed by atoms with Crippen molar-refractivity contribution in [3.8, 4) is 0 Å². The van der Waals surface area contributed by atoms with E-state index in [-0.39, 0.29) is 10.7 Å². The van der Waals surface area contributed by atoms with Gasteiger partial charge in [0.15, 0.2) is 0 Å². The van der Waals surface area contributed by atoms with Crippen molar-refractivity contribution in [3.05, 3.63) is 64.4 Å². The lowest BCUT2D eigenvalue weighted by molar-refractivity contribution is -0.137. The Hall–Kier alpha value is -2.73. The van der Waals surface area contributed by atoms with Crippen molar-refractivity contribution in [2.75, 3.05) is 5.32 Å². The van der Waals surface area contributed by atoms with Gasteiger partial charge in [0.25, 0.3) is 0 Å². The Morgan fingerprint density at radius 1 is 1.16 bits per heavy atom. The van der Waals surface area contributed by atoms with Gasteiger partial charge in [-0.3, -0.25) is 9.59 Å². The van der Waals surface area contributed by atoms with Crippen LogP contribution in [0.15, 0.2) is 42.5 Å². The normalized spacial score (nSPS) is 18.3. The summed E-state index contributed by atoms with van der Waals surface area (Å²) in [5.41, 5.74) is 1.89. The molecule has 0 heterocycles. The van der Waals surface area contributed by atoms with Crippen LogP contribution in [0, 0.1) is 11.7 Å². The molecule has 0 spiro atoms. The summed E-state index contributed by atoms with van der Waals surface area (Å²) in [6.45, 7) is 0. The fraction of sp³-hybridized carbons (Fsp3) is 0.167. The van der Waals surface area contributed by atoms with E-state index >= 15 is 0 Å². The SMILES string of the molecule is O=C[C@@H]1Cc2ccccc2[C@@H]1NC(=O)C(=O)Nc1ccc(Cl)c(F)c1. The van der Waals surface area contributed by atoms with E-state index < -0.39 is 29.6 Å². The van der Waals surface area contributed by atoms with Crippen molar-refractivity contribution in [1.82, 2.24) is 5.32 Å². The summed E-state index contributed by atoms with van der Waals surface area (Å²) in [5.74, 6) is -2.98. The van der Waals surface area contributed by atoms with Crippen molar-refractivity contribution >= 4 is 35.4 Å². The summed E-state index contributed by atoms with van der Waals surface area (Å²) in [6, 6.07) is 10.5. The van der Waals surface area contributed by atoms with Gasteiger partial charge in [0, 0.05) is 11.6 Å². The van der Waals surface area contributed by atoms with Crippen molar-refractivity contribution < 1.29 is 18.8 Å². The largest absolute Gasteiger partial charge is 0.340 e. The standard InChI is InChI=1S/C18H14ClFN2O3/c19-14-6-5-12(8-15(14)20)21-17(24)18(25)22-16-11(9-23)7-10-3-1-2-4-13(10)16/h1-6,8-9,11,16H,7H2,(H,21,24)(H,22,25)/t11-,16+/m0/s1. The van der Waals surface area contributed by atoms with E-state index in [1.807, 2.05) is 24.3 Å². The predicted molar refractivity (Wildman–Crippen MR) is 90.6 cm³/mol. The number of benzene rings is 2. The van der Waals surface area contributed by atoms with E-state index in [0.29, 0.717) is 6.42 Å². The summed E-state index contributed by atoms with van der Waals surface area (Å²) < 4.78 is 13.4. The number of carbonyl (C=O) groups excluding carboxylic acids is 3. The number of fused-ring (bicyclic) bond motifs is 1. The fourth-order valence-electron chi connectivity index (χ4n) is 2.91. The topological polar surface area (TPSA) is 75.3 Å². The maximum absolute atomic E-state index is 13.4. The van der Waals surface area contributed by atoms with Gasteiger partial charge < -0.3 is 15.4 Å². The molecule has 2 atom stereocenters. The third-order valence-corrected chi connectivity index (χ3v) is 4.43. The van der Waals surface area contributed by atoms with Gasteiger partial charge in [0.1, 0.15) is 12.1 Å². The van der Waals surface area contributed by atoms with E-state index in [2.05, 4.69) is 10.6 Å². The van der Waals surface area contributed by atoms with Crippen LogP contribution in [0.5, 0.6) is 0 Å². The molecular formula is C18H14ClFN2O3. The predicted octanol–water partition coefficient (Wildman–Crippen LogP) is 2.65. The number of rotatable bonds is 3. The minimum atomic E-state index is -0.948. The summed E-state index contributed by atoms with van der Waals surface area (Å²) in [5, 5.41) is 4.80. The molecule has 128 valence electrons. The molecule has 0 aliphatic heterocycles. The first-order chi connectivity index (χ1) is 12.0. The lowest BCUT2D eigenvalue weighted by atomic mass is 10.0. The lowest BCUT2D eigenvalue weighted by Crippen LogP contribution is -2.39. The van der Waals surface area contributed by atoms with Crippen molar-refractivity contribution in [1.29, 1.82) is 0 Å². The number of carbonyl (C=O) groups is 3. The Kier molecular flexibility index (Phi) is 4.81. The van der Waals surface area contributed by atoms with Gasteiger partial charge in [0.2, 0.25) is 0 Å². The third kappa shape index (κ3) is 3.53. The highest BCUT2D eigenvalue weighted by Gasteiger charge is 2.34. The monoisotopic (exact) mass is 360 g/mol. The zero-order valence-corrected chi connectivity index (χ0v) is 13.7. The second-order valence-corrected chi connectivity index (χ2v) is 6.14. The molecule has 25 heavy (non-hydrogen) atoms. The number of aldehydes is 1. The maximum Gasteiger partial charge on any atom is 0.313 e. The highest BCUT2D eigenvalue weighted by molar-refractivity contribution is 6.39. The Balaban J connectivity index is 1.71. The average Bonchev–Trinajstić information content (AvgIpc) is 2.96. The van der Waals surface area contributed by atoms with Crippen LogP contribution >= 0.6 is 11.6 Å². The van der Waals surface area contributed by atoms with Gasteiger partial charge in [-0.2, -0.15) is 0 Å². The summed E-state index contributed by atoms with van der Waals surface area (Å²) in [6.07, 6.45) is 1.28. The summed E-state index contributed by atoms with van der Waals surface area (Å²) >= 11 is 5.57. The molecule has 1 aliphatic carbocycles. The highest BCUT2D eigenvalue weighted by atomic mass is 35.5. The van der Waals surface area contributed by atoms with Crippen LogP contribution < -0.4 is 10.6 Å².